The van der Waals surface area contributed by atoms with E-state index in [2.05, 4.69) is 125 Å². The Hall–Kier alpha value is -2.71. The van der Waals surface area contributed by atoms with E-state index < -0.39 is 14.0 Å². The van der Waals surface area contributed by atoms with Gasteiger partial charge in [0.25, 0.3) is 0 Å². The van der Waals surface area contributed by atoms with Gasteiger partial charge in [-0.05, 0) is 83.0 Å². The zero-order valence-corrected chi connectivity index (χ0v) is 24.2. The highest BCUT2D eigenvalue weighted by molar-refractivity contribution is 6.89. The molecule has 0 unspecified atom stereocenters. The van der Waals surface area contributed by atoms with E-state index >= 15 is 0 Å². The highest BCUT2D eigenvalue weighted by Gasteiger charge is 2.29. The predicted octanol–water partition coefficient (Wildman–Crippen LogP) is 8.54. The maximum absolute atomic E-state index is 9.22. The Kier molecular flexibility index (Phi) is 6.12. The van der Waals surface area contributed by atoms with E-state index in [9.17, 15) is 1.37 Å². The smallest absolute Gasteiger partial charge is 0.201 e. The van der Waals surface area contributed by atoms with Crippen molar-refractivity contribution in [2.75, 3.05) is 0 Å². The molecule has 1 heterocycles. The number of rotatable bonds is 4. The highest BCUT2D eigenvalue weighted by atomic mass is 28.3. The van der Waals surface area contributed by atoms with Gasteiger partial charge >= 0.3 is 0 Å². The van der Waals surface area contributed by atoms with Crippen LogP contribution in [0.5, 0.6) is 0 Å². The van der Waals surface area contributed by atoms with Gasteiger partial charge < -0.3 is 0 Å². The third-order valence-electron chi connectivity index (χ3n) is 8.37. The second-order valence-corrected chi connectivity index (χ2v) is 17.7. The number of aryl methyl sites for hydroxylation is 2. The van der Waals surface area contributed by atoms with Crippen LogP contribution in [0.2, 0.25) is 19.6 Å². The van der Waals surface area contributed by atoms with E-state index in [1.165, 1.54) is 49.5 Å². The molecule has 0 spiro atoms. The highest BCUT2D eigenvalue weighted by Crippen LogP contribution is 2.42. The monoisotopic (exact) mass is 493 g/mol. The van der Waals surface area contributed by atoms with Crippen LogP contribution in [0.3, 0.4) is 0 Å². The molecule has 4 aromatic rings. The molecular weight excluding hydrogens is 450 g/mol. The van der Waals surface area contributed by atoms with Crippen molar-refractivity contribution in [1.29, 1.82) is 0 Å². The summed E-state index contributed by atoms with van der Waals surface area (Å²) in [7, 11) is 0.582. The first-order valence-corrected chi connectivity index (χ1v) is 17.0. The van der Waals surface area contributed by atoms with Crippen molar-refractivity contribution in [3.8, 4) is 22.4 Å². The lowest BCUT2D eigenvalue weighted by Gasteiger charge is -2.34. The summed E-state index contributed by atoms with van der Waals surface area (Å²) in [5, 5.41) is 4.08. The van der Waals surface area contributed by atoms with Crippen molar-refractivity contribution >= 4 is 24.0 Å². The lowest BCUT2D eigenvalue weighted by molar-refractivity contribution is -0.659. The van der Waals surface area contributed by atoms with Gasteiger partial charge in [0.05, 0.1) is 8.07 Å². The van der Waals surface area contributed by atoms with Crippen molar-refractivity contribution < 1.29 is 5.94 Å². The molecule has 3 aromatic carbocycles. The maximum atomic E-state index is 9.22. The van der Waals surface area contributed by atoms with Crippen molar-refractivity contribution in [3.05, 3.63) is 84.1 Å². The van der Waals surface area contributed by atoms with Crippen LogP contribution in [0.4, 0.5) is 0 Å². The third-order valence-corrected chi connectivity index (χ3v) is 10.4. The Labute approximate surface area is 220 Å². The fourth-order valence-corrected chi connectivity index (χ4v) is 7.47. The van der Waals surface area contributed by atoms with Crippen LogP contribution in [-0.4, -0.2) is 8.07 Å². The van der Waals surface area contributed by atoms with Crippen molar-refractivity contribution in [1.82, 2.24) is 0 Å². The van der Waals surface area contributed by atoms with E-state index in [1.807, 2.05) is 0 Å². The first-order valence-electron chi connectivity index (χ1n) is 14.0. The van der Waals surface area contributed by atoms with Crippen molar-refractivity contribution in [3.63, 3.8) is 0 Å². The molecule has 0 radical (unpaired) electrons. The number of hydrogen-bond acceptors (Lipinski definition) is 0. The van der Waals surface area contributed by atoms with Gasteiger partial charge in [0.2, 0.25) is 5.69 Å². The molecule has 1 aliphatic carbocycles. The second kappa shape index (κ2) is 9.30. The van der Waals surface area contributed by atoms with Crippen LogP contribution in [0, 0.1) is 12.3 Å². The van der Waals surface area contributed by atoms with Gasteiger partial charge in [0.1, 0.15) is 7.05 Å². The van der Waals surface area contributed by atoms with Crippen molar-refractivity contribution in [2.45, 2.75) is 72.0 Å². The summed E-state index contributed by atoms with van der Waals surface area (Å²) < 4.78 is 11.5. The van der Waals surface area contributed by atoms with E-state index in [0.29, 0.717) is 5.41 Å². The Morgan fingerprint density at radius 2 is 1.56 bits per heavy atom. The zero-order chi connectivity index (χ0) is 26.6. The van der Waals surface area contributed by atoms with Crippen LogP contribution >= 0.6 is 0 Å². The summed E-state index contributed by atoms with van der Waals surface area (Å²) in [4.78, 5) is 0. The quantitative estimate of drug-likeness (QED) is 0.198. The van der Waals surface area contributed by atoms with Crippen LogP contribution in [0.15, 0.2) is 72.9 Å². The van der Waals surface area contributed by atoms with Gasteiger partial charge in [-0.25, -0.2) is 4.57 Å². The summed E-state index contributed by atoms with van der Waals surface area (Å²) in [6.45, 7) is 14.2. The minimum atomic E-state index is -1.61. The zero-order valence-electron chi connectivity index (χ0n) is 24.2. The van der Waals surface area contributed by atoms with E-state index in [4.69, 9.17) is 0 Å². The minimum Gasteiger partial charge on any atom is -0.201 e. The van der Waals surface area contributed by atoms with E-state index in [-0.39, 0.29) is 0 Å². The Morgan fingerprint density at radius 1 is 0.889 bits per heavy atom. The standard InChI is InChI=1S/C34H42NSi/c1-24-29-11-9-8-10-27(29)16-17-30(24)32-22-31(33(23-35(32)4)36(5,6)7)28-14-12-25(13-15-28)26-18-20-34(2,3)21-19-26/h8-17,22-23,26H,18-21H2,1-7H3/q+1/i26D. The Balaban J connectivity index is 1.60. The van der Waals surface area contributed by atoms with E-state index in [1.54, 1.807) is 0 Å². The fourth-order valence-electron chi connectivity index (χ4n) is 5.86. The maximum Gasteiger partial charge on any atom is 0.213 e. The van der Waals surface area contributed by atoms with Crippen LogP contribution in [0.25, 0.3) is 33.2 Å². The average molecular weight is 494 g/mol. The normalized spacial score (nSPS) is 17.7. The summed E-state index contributed by atoms with van der Waals surface area (Å²) in [6.07, 6.45) is 6.54. The first kappa shape index (κ1) is 23.7. The van der Waals surface area contributed by atoms with Crippen LogP contribution in [-0.2, 0) is 7.05 Å². The van der Waals surface area contributed by atoms with Crippen LogP contribution in [0.1, 0.15) is 57.9 Å². The van der Waals surface area contributed by atoms with Crippen molar-refractivity contribution in [2.24, 2.45) is 12.5 Å². The van der Waals surface area contributed by atoms with Gasteiger partial charge in [-0.15, -0.1) is 0 Å². The lowest BCUT2D eigenvalue weighted by atomic mass is 9.71. The number of nitrogens with zero attached hydrogens (tertiary/aromatic N) is 1. The molecule has 5 rings (SSSR count). The number of hydrogen-bond donors (Lipinski definition) is 0. The molecule has 2 heteroatoms. The molecule has 0 atom stereocenters. The molecule has 0 aliphatic heterocycles. The average Bonchev–Trinajstić information content (AvgIpc) is 2.86. The molecule has 36 heavy (non-hydrogen) atoms. The Morgan fingerprint density at radius 3 is 2.22 bits per heavy atom. The SMILES string of the molecule is [2H]C1(c2ccc(-c3cc(-c4ccc5ccccc5c4C)[n+](C)cc3[Si](C)(C)C)cc2)CCC(C)(C)CC1. The molecule has 1 nitrogen and oxygen atoms in total. The number of fused-ring (bicyclic) bond motifs is 1. The second-order valence-electron chi connectivity index (χ2n) is 12.7. The summed E-state index contributed by atoms with van der Waals surface area (Å²) in [6, 6.07) is 24.6. The molecule has 0 saturated heterocycles. The molecule has 186 valence electrons. The summed E-state index contributed by atoms with van der Waals surface area (Å²) >= 11 is 0. The summed E-state index contributed by atoms with van der Waals surface area (Å²) in [5.41, 5.74) is 8.01. The third kappa shape index (κ3) is 4.80. The van der Waals surface area contributed by atoms with Gasteiger partial charge in [0.15, 0.2) is 6.20 Å². The van der Waals surface area contributed by atoms with E-state index in [0.717, 1.165) is 25.7 Å². The number of benzene rings is 3. The predicted molar refractivity (Wildman–Crippen MR) is 159 cm³/mol. The largest absolute Gasteiger partial charge is 0.213 e. The molecule has 0 N–H and O–H groups in total. The molecule has 1 saturated carbocycles. The van der Waals surface area contributed by atoms with Gasteiger partial charge in [-0.3, -0.25) is 0 Å². The first-order chi connectivity index (χ1) is 17.4. The molecule has 0 amide bonds. The molecule has 1 fully saturated rings. The molecule has 0 bridgehead atoms. The number of aromatic nitrogens is 1. The topological polar surface area (TPSA) is 3.88 Å². The van der Waals surface area contributed by atoms with Crippen LogP contribution < -0.4 is 9.75 Å². The molecule has 1 aromatic heterocycles. The lowest BCUT2D eigenvalue weighted by Crippen LogP contribution is -2.46. The molecular formula is C34H42NSi+. The Bertz CT molecular complexity index is 1450. The van der Waals surface area contributed by atoms with Gasteiger partial charge in [-0.1, -0.05) is 88.1 Å². The number of pyridine rings is 1. The minimum absolute atomic E-state index is 0.369. The molecule has 1 aliphatic rings. The fraction of sp³-hybridized carbons (Fsp3) is 0.382. The van der Waals surface area contributed by atoms with Gasteiger partial charge in [-0.2, -0.15) is 0 Å². The van der Waals surface area contributed by atoms with Gasteiger partial charge in [0, 0.05) is 18.2 Å². The summed E-state index contributed by atoms with van der Waals surface area (Å²) in [5.74, 6) is -0.452.